The quantitative estimate of drug-likeness (QED) is 0.396. The monoisotopic (exact) mass is 434 g/mol. The first-order chi connectivity index (χ1) is 14.0. The van der Waals surface area contributed by atoms with Crippen molar-refractivity contribution in [3.8, 4) is 11.5 Å². The molecular formula is C19H18N2O8S. The maximum absolute atomic E-state index is 13.0. The zero-order valence-electron chi connectivity index (χ0n) is 16.1. The first-order valence-corrected chi connectivity index (χ1v) is 10.9. The van der Waals surface area contributed by atoms with E-state index in [1.807, 2.05) is 0 Å². The predicted octanol–water partition coefficient (Wildman–Crippen LogP) is 2.08. The number of ether oxygens (including phenoxy) is 1. The van der Waals surface area contributed by atoms with Gasteiger partial charge in [0.1, 0.15) is 15.4 Å². The van der Waals surface area contributed by atoms with E-state index in [1.165, 1.54) is 30.3 Å². The van der Waals surface area contributed by atoms with E-state index in [9.17, 15) is 33.2 Å². The molecule has 2 aromatic carbocycles. The number of fused-ring (bicyclic) bond motifs is 1. The maximum Gasteiger partial charge on any atom is 0.282 e. The Balaban J connectivity index is 2.16. The number of sulfone groups is 1. The Kier molecular flexibility index (Phi) is 5.49. The van der Waals surface area contributed by atoms with Gasteiger partial charge in [0.25, 0.3) is 17.5 Å². The lowest BCUT2D eigenvalue weighted by Crippen LogP contribution is -2.37. The van der Waals surface area contributed by atoms with Crippen molar-refractivity contribution in [3.63, 3.8) is 0 Å². The Bertz CT molecular complexity index is 1160. The van der Waals surface area contributed by atoms with Gasteiger partial charge in [-0.25, -0.2) is 8.42 Å². The van der Waals surface area contributed by atoms with Gasteiger partial charge in [-0.05, 0) is 30.7 Å². The summed E-state index contributed by atoms with van der Waals surface area (Å²) in [6.45, 7) is 1.90. The topological polar surface area (TPSA) is 144 Å². The molecule has 1 heterocycles. The van der Waals surface area contributed by atoms with Gasteiger partial charge in [0, 0.05) is 12.3 Å². The highest BCUT2D eigenvalue weighted by Crippen LogP contribution is 2.38. The van der Waals surface area contributed by atoms with Gasteiger partial charge in [0.2, 0.25) is 0 Å². The standard InChI is InChI=1S/C19H18N2O8S/c1-3-29-16-9-11(7-8-15(16)22)14(10-30(2,27)28)20-18(23)12-5-4-6-13(21(25)26)17(12)19(20)24/h4-9,14,22H,3,10H2,1-2H3/t14-/m1/s1. The fraction of sp³-hybridized carbons (Fsp3) is 0.263. The Hall–Kier alpha value is -3.47. The first-order valence-electron chi connectivity index (χ1n) is 8.84. The molecule has 1 aliphatic heterocycles. The molecule has 0 aliphatic carbocycles. The zero-order valence-corrected chi connectivity index (χ0v) is 16.9. The highest BCUT2D eigenvalue weighted by molar-refractivity contribution is 7.90. The van der Waals surface area contributed by atoms with Crippen molar-refractivity contribution in [2.24, 2.45) is 0 Å². The summed E-state index contributed by atoms with van der Waals surface area (Å²) < 4.78 is 29.5. The molecule has 10 nitrogen and oxygen atoms in total. The fourth-order valence-electron chi connectivity index (χ4n) is 3.34. The van der Waals surface area contributed by atoms with Gasteiger partial charge >= 0.3 is 0 Å². The van der Waals surface area contributed by atoms with Crippen molar-refractivity contribution in [2.45, 2.75) is 13.0 Å². The van der Waals surface area contributed by atoms with Crippen LogP contribution in [-0.2, 0) is 9.84 Å². The van der Waals surface area contributed by atoms with Crippen LogP contribution < -0.4 is 4.74 Å². The third-order valence-corrected chi connectivity index (χ3v) is 5.48. The van der Waals surface area contributed by atoms with Crippen LogP contribution in [0.4, 0.5) is 5.69 Å². The van der Waals surface area contributed by atoms with Gasteiger partial charge in [0.15, 0.2) is 11.5 Å². The number of nitrogens with zero attached hydrogens (tertiary/aromatic N) is 2. The third kappa shape index (κ3) is 3.83. The number of aromatic hydroxyl groups is 1. The van der Waals surface area contributed by atoms with Crippen LogP contribution in [0.25, 0.3) is 0 Å². The summed E-state index contributed by atoms with van der Waals surface area (Å²) in [6.07, 6.45) is 0.949. The van der Waals surface area contributed by atoms with E-state index in [4.69, 9.17) is 4.74 Å². The number of nitro benzene ring substituents is 1. The molecule has 30 heavy (non-hydrogen) atoms. The zero-order chi connectivity index (χ0) is 22.2. The average Bonchev–Trinajstić information content (AvgIpc) is 2.92. The summed E-state index contributed by atoms with van der Waals surface area (Å²) in [5.74, 6) is -2.55. The normalized spacial score (nSPS) is 14.5. The molecule has 0 saturated heterocycles. The van der Waals surface area contributed by atoms with E-state index in [2.05, 4.69) is 0 Å². The van der Waals surface area contributed by atoms with Crippen LogP contribution in [0.3, 0.4) is 0 Å². The molecule has 0 saturated carbocycles. The summed E-state index contributed by atoms with van der Waals surface area (Å²) >= 11 is 0. The molecule has 2 aromatic rings. The van der Waals surface area contributed by atoms with Crippen LogP contribution in [-0.4, -0.2) is 53.8 Å². The van der Waals surface area contributed by atoms with E-state index in [-0.39, 0.29) is 34.8 Å². The van der Waals surface area contributed by atoms with Crippen molar-refractivity contribution in [2.75, 3.05) is 18.6 Å². The largest absolute Gasteiger partial charge is 0.504 e. The smallest absolute Gasteiger partial charge is 0.282 e. The number of carbonyl (C=O) groups excluding carboxylic acids is 2. The van der Waals surface area contributed by atoms with Crippen LogP contribution in [0.2, 0.25) is 0 Å². The Morgan fingerprint density at radius 2 is 1.90 bits per heavy atom. The van der Waals surface area contributed by atoms with E-state index >= 15 is 0 Å². The van der Waals surface area contributed by atoms with Gasteiger partial charge < -0.3 is 9.84 Å². The lowest BCUT2D eigenvalue weighted by molar-refractivity contribution is -0.385. The van der Waals surface area contributed by atoms with Gasteiger partial charge in [-0.2, -0.15) is 0 Å². The Labute approximate surface area is 171 Å². The van der Waals surface area contributed by atoms with Gasteiger partial charge in [0.05, 0.1) is 28.9 Å². The van der Waals surface area contributed by atoms with Crippen LogP contribution in [0.5, 0.6) is 11.5 Å². The molecule has 1 aliphatic rings. The summed E-state index contributed by atoms with van der Waals surface area (Å²) in [7, 11) is -3.69. The third-order valence-electron chi connectivity index (χ3n) is 4.56. The van der Waals surface area contributed by atoms with E-state index in [0.29, 0.717) is 4.90 Å². The second-order valence-electron chi connectivity index (χ2n) is 6.71. The van der Waals surface area contributed by atoms with Gasteiger partial charge in [-0.1, -0.05) is 12.1 Å². The average molecular weight is 434 g/mol. The minimum Gasteiger partial charge on any atom is -0.504 e. The predicted molar refractivity (Wildman–Crippen MR) is 105 cm³/mol. The number of carbonyl (C=O) groups is 2. The molecule has 0 spiro atoms. The highest BCUT2D eigenvalue weighted by atomic mass is 32.2. The highest BCUT2D eigenvalue weighted by Gasteiger charge is 2.45. The lowest BCUT2D eigenvalue weighted by atomic mass is 10.1. The number of imide groups is 1. The van der Waals surface area contributed by atoms with E-state index in [0.717, 1.165) is 12.3 Å². The van der Waals surface area contributed by atoms with Crippen LogP contribution in [0.1, 0.15) is 39.2 Å². The number of phenols is 1. The van der Waals surface area contributed by atoms with Crippen LogP contribution >= 0.6 is 0 Å². The molecule has 158 valence electrons. The Morgan fingerprint density at radius 1 is 1.20 bits per heavy atom. The minimum absolute atomic E-state index is 0.0519. The molecule has 3 rings (SSSR count). The summed E-state index contributed by atoms with van der Waals surface area (Å²) in [5.41, 5.74) is -0.864. The molecule has 11 heteroatoms. The number of benzene rings is 2. The molecule has 1 atom stereocenters. The fourth-order valence-corrected chi connectivity index (χ4v) is 4.25. The van der Waals surface area contributed by atoms with Crippen molar-refractivity contribution < 1.29 is 32.8 Å². The summed E-state index contributed by atoms with van der Waals surface area (Å²) in [6, 6.07) is 6.36. The second kappa shape index (κ2) is 7.75. The molecular weight excluding hydrogens is 416 g/mol. The number of hydrogen-bond acceptors (Lipinski definition) is 8. The minimum atomic E-state index is -3.69. The SMILES string of the molecule is CCOc1cc([C@@H](CS(C)(=O)=O)N2C(=O)c3cccc([N+](=O)[O-])c3C2=O)ccc1O. The van der Waals surface area contributed by atoms with Crippen molar-refractivity contribution in [1.29, 1.82) is 0 Å². The van der Waals surface area contributed by atoms with E-state index in [1.54, 1.807) is 6.92 Å². The number of rotatable bonds is 7. The molecule has 2 amide bonds. The van der Waals surface area contributed by atoms with Gasteiger partial charge in [-0.15, -0.1) is 0 Å². The van der Waals surface area contributed by atoms with Crippen molar-refractivity contribution >= 4 is 27.3 Å². The maximum atomic E-state index is 13.0. The Morgan fingerprint density at radius 3 is 2.50 bits per heavy atom. The molecule has 0 aromatic heterocycles. The number of amides is 2. The molecule has 0 unspecified atom stereocenters. The van der Waals surface area contributed by atoms with Gasteiger partial charge in [-0.3, -0.25) is 24.6 Å². The number of hydrogen-bond donors (Lipinski definition) is 1. The second-order valence-corrected chi connectivity index (χ2v) is 8.89. The first kappa shape index (κ1) is 21.2. The van der Waals surface area contributed by atoms with Crippen molar-refractivity contribution in [3.05, 3.63) is 63.2 Å². The molecule has 1 N–H and O–H groups in total. The molecule has 0 fully saturated rings. The van der Waals surface area contributed by atoms with Crippen LogP contribution in [0.15, 0.2) is 36.4 Å². The summed E-state index contributed by atoms with van der Waals surface area (Å²) in [4.78, 5) is 37.3. The number of phenolic OH excluding ortho intramolecular Hbond substituents is 1. The number of nitro groups is 1. The summed E-state index contributed by atoms with van der Waals surface area (Å²) in [5, 5.41) is 21.2. The molecule has 0 bridgehead atoms. The lowest BCUT2D eigenvalue weighted by Gasteiger charge is -2.26. The van der Waals surface area contributed by atoms with Crippen molar-refractivity contribution in [1.82, 2.24) is 4.90 Å². The molecule has 0 radical (unpaired) electrons. The van der Waals surface area contributed by atoms with E-state index < -0.39 is 44.1 Å². The van der Waals surface area contributed by atoms with Crippen LogP contribution in [0, 0.1) is 10.1 Å².